The summed E-state index contributed by atoms with van der Waals surface area (Å²) in [6.07, 6.45) is 4.04. The molecule has 0 saturated carbocycles. The minimum absolute atomic E-state index is 0.0161. The van der Waals surface area contributed by atoms with Gasteiger partial charge >= 0.3 is 6.09 Å². The van der Waals surface area contributed by atoms with Crippen molar-refractivity contribution in [1.29, 1.82) is 0 Å². The molecule has 1 atom stereocenters. The normalized spacial score (nSPS) is 20.4. The number of alkyl carbamates (subject to hydrolysis) is 1. The number of likely N-dealkylation sites (tertiary alicyclic amines) is 1. The predicted molar refractivity (Wildman–Crippen MR) is 69.3 cm³/mol. The molecule has 0 aliphatic carbocycles. The van der Waals surface area contributed by atoms with Crippen molar-refractivity contribution in [3.05, 3.63) is 0 Å². The van der Waals surface area contributed by atoms with Gasteiger partial charge in [-0.3, -0.25) is 4.79 Å². The molecule has 18 heavy (non-hydrogen) atoms. The van der Waals surface area contributed by atoms with E-state index in [1.54, 1.807) is 4.90 Å². The zero-order valence-electron chi connectivity index (χ0n) is 11.4. The SMILES string of the molecule is CCCCOC(=O)NC1CCCCN(CC)C1=O. The van der Waals surface area contributed by atoms with Crippen molar-refractivity contribution in [2.75, 3.05) is 19.7 Å². The molecule has 1 aliphatic heterocycles. The van der Waals surface area contributed by atoms with Gasteiger partial charge in [-0.2, -0.15) is 0 Å². The van der Waals surface area contributed by atoms with Gasteiger partial charge in [-0.25, -0.2) is 4.79 Å². The minimum Gasteiger partial charge on any atom is -0.450 e. The summed E-state index contributed by atoms with van der Waals surface area (Å²) in [4.78, 5) is 25.4. The van der Waals surface area contributed by atoms with Crippen LogP contribution in [-0.2, 0) is 9.53 Å². The molecule has 1 heterocycles. The second-order valence-corrected chi connectivity index (χ2v) is 4.60. The lowest BCUT2D eigenvalue weighted by molar-refractivity contribution is -0.132. The molecule has 0 aromatic heterocycles. The highest BCUT2D eigenvalue weighted by atomic mass is 16.5. The Hall–Kier alpha value is -1.26. The number of unbranched alkanes of at least 4 members (excludes halogenated alkanes) is 1. The smallest absolute Gasteiger partial charge is 0.407 e. The molecule has 1 saturated heterocycles. The van der Waals surface area contributed by atoms with Crippen LogP contribution in [0.2, 0.25) is 0 Å². The summed E-state index contributed by atoms with van der Waals surface area (Å²) in [5.74, 6) is 0.0161. The zero-order valence-corrected chi connectivity index (χ0v) is 11.4. The van der Waals surface area contributed by atoms with Crippen LogP contribution in [-0.4, -0.2) is 42.6 Å². The lowest BCUT2D eigenvalue weighted by Crippen LogP contribution is -2.47. The number of ether oxygens (including phenoxy) is 1. The zero-order chi connectivity index (χ0) is 13.4. The fourth-order valence-electron chi connectivity index (χ4n) is 2.05. The number of rotatable bonds is 5. The van der Waals surface area contributed by atoms with Crippen LogP contribution in [0.4, 0.5) is 4.79 Å². The maximum absolute atomic E-state index is 12.1. The van der Waals surface area contributed by atoms with Gasteiger partial charge in [0.1, 0.15) is 6.04 Å². The summed E-state index contributed by atoms with van der Waals surface area (Å²) < 4.78 is 5.02. The molecular formula is C13H24N2O3. The van der Waals surface area contributed by atoms with E-state index in [1.807, 2.05) is 13.8 Å². The van der Waals surface area contributed by atoms with Crippen LogP contribution in [0.25, 0.3) is 0 Å². The van der Waals surface area contributed by atoms with Crippen LogP contribution in [0.3, 0.4) is 0 Å². The maximum Gasteiger partial charge on any atom is 0.407 e. The number of hydrogen-bond acceptors (Lipinski definition) is 3. The number of hydrogen-bond donors (Lipinski definition) is 1. The Morgan fingerprint density at radius 1 is 1.44 bits per heavy atom. The molecule has 1 rings (SSSR count). The molecule has 2 amide bonds. The summed E-state index contributed by atoms with van der Waals surface area (Å²) in [5.41, 5.74) is 0. The number of nitrogens with zero attached hydrogens (tertiary/aromatic N) is 1. The number of carbonyl (C=O) groups is 2. The third kappa shape index (κ3) is 4.55. The lowest BCUT2D eigenvalue weighted by Gasteiger charge is -2.23. The second-order valence-electron chi connectivity index (χ2n) is 4.60. The Kier molecular flexibility index (Phi) is 6.54. The van der Waals surface area contributed by atoms with Gasteiger partial charge in [-0.15, -0.1) is 0 Å². The third-order valence-electron chi connectivity index (χ3n) is 3.19. The third-order valence-corrected chi connectivity index (χ3v) is 3.19. The molecule has 0 aromatic rings. The monoisotopic (exact) mass is 256 g/mol. The van der Waals surface area contributed by atoms with E-state index in [1.165, 1.54) is 0 Å². The van der Waals surface area contributed by atoms with Crippen molar-refractivity contribution < 1.29 is 14.3 Å². The number of nitrogens with one attached hydrogen (secondary N) is 1. The molecule has 0 bridgehead atoms. The van der Waals surface area contributed by atoms with E-state index >= 15 is 0 Å². The van der Waals surface area contributed by atoms with Crippen molar-refractivity contribution in [3.8, 4) is 0 Å². The van der Waals surface area contributed by atoms with E-state index in [4.69, 9.17) is 4.74 Å². The summed E-state index contributed by atoms with van der Waals surface area (Å²) in [7, 11) is 0. The Balaban J connectivity index is 2.43. The van der Waals surface area contributed by atoms with E-state index < -0.39 is 12.1 Å². The van der Waals surface area contributed by atoms with Crippen LogP contribution in [0.5, 0.6) is 0 Å². The van der Waals surface area contributed by atoms with Crippen molar-refractivity contribution in [3.63, 3.8) is 0 Å². The first-order valence-electron chi connectivity index (χ1n) is 6.91. The van der Waals surface area contributed by atoms with Crippen LogP contribution in [0.1, 0.15) is 46.0 Å². The Morgan fingerprint density at radius 3 is 2.89 bits per heavy atom. The molecule has 0 aromatic carbocycles. The summed E-state index contributed by atoms with van der Waals surface area (Å²) in [6, 6.07) is -0.415. The number of likely N-dealkylation sites (N-methyl/N-ethyl adjacent to an activating group) is 1. The highest BCUT2D eigenvalue weighted by Crippen LogP contribution is 2.12. The largest absolute Gasteiger partial charge is 0.450 e. The van der Waals surface area contributed by atoms with Crippen LogP contribution >= 0.6 is 0 Å². The molecule has 1 fully saturated rings. The number of carbonyl (C=O) groups excluding carboxylic acids is 2. The quantitative estimate of drug-likeness (QED) is 0.764. The molecule has 1 aliphatic rings. The first-order chi connectivity index (χ1) is 8.69. The van der Waals surface area contributed by atoms with Crippen molar-refractivity contribution in [2.45, 2.75) is 52.0 Å². The van der Waals surface area contributed by atoms with Gasteiger partial charge < -0.3 is 15.0 Å². The van der Waals surface area contributed by atoms with E-state index in [0.29, 0.717) is 19.6 Å². The molecular weight excluding hydrogens is 232 g/mol. The van der Waals surface area contributed by atoms with E-state index in [9.17, 15) is 9.59 Å². The molecule has 0 radical (unpaired) electrons. The first-order valence-corrected chi connectivity index (χ1v) is 6.91. The van der Waals surface area contributed by atoms with E-state index in [2.05, 4.69) is 5.32 Å². The highest BCUT2D eigenvalue weighted by molar-refractivity contribution is 5.85. The Bertz CT molecular complexity index is 281. The van der Waals surface area contributed by atoms with Crippen molar-refractivity contribution >= 4 is 12.0 Å². The van der Waals surface area contributed by atoms with Gasteiger partial charge in [0.05, 0.1) is 6.61 Å². The molecule has 1 N–H and O–H groups in total. The minimum atomic E-state index is -0.472. The maximum atomic E-state index is 12.1. The average Bonchev–Trinajstić information content (AvgIpc) is 2.53. The fraction of sp³-hybridized carbons (Fsp3) is 0.846. The molecule has 5 nitrogen and oxygen atoms in total. The summed E-state index contributed by atoms with van der Waals surface area (Å²) in [6.45, 7) is 5.90. The average molecular weight is 256 g/mol. The fourth-order valence-corrected chi connectivity index (χ4v) is 2.05. The first kappa shape index (κ1) is 14.8. The van der Waals surface area contributed by atoms with Gasteiger partial charge in [0.25, 0.3) is 0 Å². The van der Waals surface area contributed by atoms with Crippen LogP contribution in [0.15, 0.2) is 0 Å². The molecule has 1 unspecified atom stereocenters. The van der Waals surface area contributed by atoms with Crippen molar-refractivity contribution in [1.82, 2.24) is 10.2 Å². The molecule has 104 valence electrons. The predicted octanol–water partition coefficient (Wildman–Crippen LogP) is 1.91. The molecule has 5 heteroatoms. The number of amides is 2. The van der Waals surface area contributed by atoms with Crippen LogP contribution < -0.4 is 5.32 Å². The van der Waals surface area contributed by atoms with Gasteiger partial charge in [0.15, 0.2) is 0 Å². The topological polar surface area (TPSA) is 58.6 Å². The van der Waals surface area contributed by atoms with Gasteiger partial charge in [0, 0.05) is 13.1 Å². The summed E-state index contributed by atoms with van der Waals surface area (Å²) >= 11 is 0. The highest BCUT2D eigenvalue weighted by Gasteiger charge is 2.27. The van der Waals surface area contributed by atoms with Gasteiger partial charge in [-0.1, -0.05) is 13.3 Å². The Labute approximate surface area is 109 Å². The standard InChI is InChI=1S/C13H24N2O3/c1-3-5-10-18-13(17)14-11-8-6-7-9-15(4-2)12(11)16/h11H,3-10H2,1-2H3,(H,14,17). The lowest BCUT2D eigenvalue weighted by atomic mass is 10.1. The molecule has 0 spiro atoms. The van der Waals surface area contributed by atoms with Gasteiger partial charge in [0.2, 0.25) is 5.91 Å². The second kappa shape index (κ2) is 7.95. The van der Waals surface area contributed by atoms with Crippen LogP contribution in [0, 0.1) is 0 Å². The van der Waals surface area contributed by atoms with E-state index in [0.717, 1.165) is 32.2 Å². The van der Waals surface area contributed by atoms with Gasteiger partial charge in [-0.05, 0) is 32.6 Å². The Morgan fingerprint density at radius 2 is 2.22 bits per heavy atom. The van der Waals surface area contributed by atoms with Crippen molar-refractivity contribution in [2.24, 2.45) is 0 Å². The summed E-state index contributed by atoms with van der Waals surface area (Å²) in [5, 5.41) is 2.68. The van der Waals surface area contributed by atoms with E-state index in [-0.39, 0.29) is 5.91 Å².